The minimum Gasteiger partial charge on any atom is -0.475 e. The number of carboxylic acids is 1. The molecule has 17 heavy (non-hydrogen) atoms. The number of furan rings is 1. The monoisotopic (exact) mass is 239 g/mol. The minimum absolute atomic E-state index is 0.0340. The van der Waals surface area contributed by atoms with E-state index in [-0.39, 0.29) is 18.4 Å². The van der Waals surface area contributed by atoms with Gasteiger partial charge in [0.1, 0.15) is 0 Å². The average molecular weight is 239 g/mol. The molecule has 1 atom stereocenters. The number of aliphatic hydroxyl groups is 1. The molecule has 1 saturated heterocycles. The maximum atomic E-state index is 10.8. The Kier molecular flexibility index (Phi) is 3.68. The summed E-state index contributed by atoms with van der Waals surface area (Å²) in [6, 6.07) is 3.42. The van der Waals surface area contributed by atoms with Gasteiger partial charge in [-0.2, -0.15) is 0 Å². The van der Waals surface area contributed by atoms with Crippen molar-refractivity contribution in [3.8, 4) is 0 Å². The lowest BCUT2D eigenvalue weighted by atomic mass is 10.00. The fourth-order valence-corrected chi connectivity index (χ4v) is 2.34. The van der Waals surface area contributed by atoms with Gasteiger partial charge in [-0.25, -0.2) is 4.79 Å². The van der Waals surface area contributed by atoms with Crippen LogP contribution in [0, 0.1) is 0 Å². The summed E-state index contributed by atoms with van der Waals surface area (Å²) < 4.78 is 5.31. The fraction of sp³-hybridized carbons (Fsp3) is 0.583. The van der Waals surface area contributed by atoms with Crippen molar-refractivity contribution in [1.29, 1.82) is 0 Å². The number of carbonyl (C=O) groups is 1. The van der Waals surface area contributed by atoms with Gasteiger partial charge in [-0.05, 0) is 31.7 Å². The molecule has 0 spiro atoms. The van der Waals surface area contributed by atoms with Crippen LogP contribution < -0.4 is 4.90 Å². The fourth-order valence-electron chi connectivity index (χ4n) is 2.34. The number of aromatic carboxylic acids is 1. The predicted octanol–water partition coefficient (Wildman–Crippen LogP) is 1.72. The number of nitrogens with zero attached hydrogens (tertiary/aromatic N) is 1. The number of carboxylic acid groups (broad SMARTS) is 1. The van der Waals surface area contributed by atoms with E-state index in [9.17, 15) is 4.79 Å². The van der Waals surface area contributed by atoms with Crippen molar-refractivity contribution in [3.05, 3.63) is 17.9 Å². The molecule has 0 aromatic carbocycles. The number of rotatable bonds is 4. The van der Waals surface area contributed by atoms with Crippen molar-refractivity contribution >= 4 is 11.9 Å². The quantitative estimate of drug-likeness (QED) is 0.836. The van der Waals surface area contributed by atoms with Gasteiger partial charge in [0, 0.05) is 25.3 Å². The molecule has 1 aliphatic heterocycles. The highest BCUT2D eigenvalue weighted by molar-refractivity contribution is 5.84. The summed E-state index contributed by atoms with van der Waals surface area (Å²) in [6.45, 7) is 1.00. The van der Waals surface area contributed by atoms with Gasteiger partial charge in [-0.1, -0.05) is 0 Å². The minimum atomic E-state index is -1.05. The largest absolute Gasteiger partial charge is 0.475 e. The van der Waals surface area contributed by atoms with Crippen LogP contribution in [0.15, 0.2) is 16.5 Å². The summed E-state index contributed by atoms with van der Waals surface area (Å²) in [6.07, 6.45) is 3.94. The maximum absolute atomic E-state index is 10.8. The molecule has 94 valence electrons. The van der Waals surface area contributed by atoms with Crippen molar-refractivity contribution in [1.82, 2.24) is 0 Å². The van der Waals surface area contributed by atoms with E-state index in [4.69, 9.17) is 14.6 Å². The van der Waals surface area contributed by atoms with Crippen LogP contribution in [0.2, 0.25) is 0 Å². The molecular formula is C12H17NO4. The van der Waals surface area contributed by atoms with E-state index < -0.39 is 5.97 Å². The molecule has 2 heterocycles. The first-order valence-corrected chi connectivity index (χ1v) is 5.93. The molecule has 0 aliphatic carbocycles. The second-order valence-electron chi connectivity index (χ2n) is 4.30. The van der Waals surface area contributed by atoms with Crippen LogP contribution in [-0.2, 0) is 0 Å². The molecule has 0 bridgehead atoms. The molecule has 1 aromatic rings. The van der Waals surface area contributed by atoms with Crippen LogP contribution in [0.25, 0.3) is 0 Å². The number of hydrogen-bond donors (Lipinski definition) is 2. The van der Waals surface area contributed by atoms with Crippen molar-refractivity contribution in [2.45, 2.75) is 31.7 Å². The lowest BCUT2D eigenvalue weighted by molar-refractivity contribution is 0.0662. The first-order valence-electron chi connectivity index (χ1n) is 5.93. The van der Waals surface area contributed by atoms with Gasteiger partial charge in [0.15, 0.2) is 5.88 Å². The Bertz CT molecular complexity index is 386. The number of aliphatic hydroxyl groups excluding tert-OH is 1. The van der Waals surface area contributed by atoms with Crippen LogP contribution >= 0.6 is 0 Å². The summed E-state index contributed by atoms with van der Waals surface area (Å²) in [5.41, 5.74) is 0. The SMILES string of the molecule is O=C(O)c1ccc(N2CCCCC2CCO)o1. The van der Waals surface area contributed by atoms with Crippen LogP contribution in [0.3, 0.4) is 0 Å². The standard InChI is InChI=1S/C12H17NO4/c14-8-6-9-3-1-2-7-13(9)11-5-4-10(17-11)12(15)16/h4-5,9,14H,1-3,6-8H2,(H,15,16). The van der Waals surface area contributed by atoms with Gasteiger partial charge in [-0.3, -0.25) is 0 Å². The van der Waals surface area contributed by atoms with Crippen molar-refractivity contribution in [2.24, 2.45) is 0 Å². The summed E-state index contributed by atoms with van der Waals surface area (Å²) in [7, 11) is 0. The summed E-state index contributed by atoms with van der Waals surface area (Å²) in [5, 5.41) is 17.8. The Morgan fingerprint density at radius 1 is 1.47 bits per heavy atom. The van der Waals surface area contributed by atoms with Gasteiger partial charge in [0.2, 0.25) is 5.76 Å². The van der Waals surface area contributed by atoms with Crippen LogP contribution in [0.4, 0.5) is 5.88 Å². The van der Waals surface area contributed by atoms with Gasteiger partial charge in [0.25, 0.3) is 0 Å². The van der Waals surface area contributed by atoms with E-state index in [2.05, 4.69) is 4.90 Å². The Balaban J connectivity index is 2.14. The van der Waals surface area contributed by atoms with E-state index >= 15 is 0 Å². The first kappa shape index (κ1) is 12.0. The lowest BCUT2D eigenvalue weighted by Gasteiger charge is -2.35. The van der Waals surface area contributed by atoms with E-state index in [0.717, 1.165) is 25.8 Å². The van der Waals surface area contributed by atoms with Crippen molar-refractivity contribution in [2.75, 3.05) is 18.1 Å². The Morgan fingerprint density at radius 3 is 2.94 bits per heavy atom. The summed E-state index contributed by atoms with van der Waals surface area (Å²) >= 11 is 0. The second kappa shape index (κ2) is 5.23. The lowest BCUT2D eigenvalue weighted by Crippen LogP contribution is -2.39. The van der Waals surface area contributed by atoms with Gasteiger partial charge >= 0.3 is 5.97 Å². The Morgan fingerprint density at radius 2 is 2.29 bits per heavy atom. The van der Waals surface area contributed by atoms with Crippen LogP contribution in [0.5, 0.6) is 0 Å². The number of anilines is 1. The molecule has 1 unspecified atom stereocenters. The van der Waals surface area contributed by atoms with Gasteiger partial charge < -0.3 is 19.5 Å². The van der Waals surface area contributed by atoms with Crippen molar-refractivity contribution in [3.63, 3.8) is 0 Å². The molecule has 0 saturated carbocycles. The molecule has 1 fully saturated rings. The molecule has 1 aliphatic rings. The zero-order valence-corrected chi connectivity index (χ0v) is 9.63. The van der Waals surface area contributed by atoms with E-state index in [1.165, 1.54) is 6.07 Å². The first-order chi connectivity index (χ1) is 8.22. The summed E-state index contributed by atoms with van der Waals surface area (Å²) in [4.78, 5) is 12.8. The Labute approximate surface area is 99.6 Å². The van der Waals surface area contributed by atoms with Crippen molar-refractivity contribution < 1.29 is 19.4 Å². The van der Waals surface area contributed by atoms with Gasteiger partial charge in [-0.15, -0.1) is 0 Å². The van der Waals surface area contributed by atoms with Crippen LogP contribution in [-0.4, -0.2) is 35.4 Å². The Hall–Kier alpha value is -1.49. The topological polar surface area (TPSA) is 73.9 Å². The predicted molar refractivity (Wildman–Crippen MR) is 62.4 cm³/mol. The van der Waals surface area contributed by atoms with E-state index in [0.29, 0.717) is 12.3 Å². The van der Waals surface area contributed by atoms with E-state index in [1.807, 2.05) is 0 Å². The zero-order valence-electron chi connectivity index (χ0n) is 9.63. The third kappa shape index (κ3) is 2.61. The average Bonchev–Trinajstić information content (AvgIpc) is 2.79. The molecule has 5 heteroatoms. The normalized spacial score (nSPS) is 20.5. The maximum Gasteiger partial charge on any atom is 0.371 e. The second-order valence-corrected chi connectivity index (χ2v) is 4.30. The molecule has 2 N–H and O–H groups in total. The molecular weight excluding hydrogens is 222 g/mol. The number of piperidine rings is 1. The molecule has 1 aromatic heterocycles. The zero-order chi connectivity index (χ0) is 12.3. The summed E-state index contributed by atoms with van der Waals surface area (Å²) in [5.74, 6) is -0.485. The number of hydrogen-bond acceptors (Lipinski definition) is 4. The van der Waals surface area contributed by atoms with Gasteiger partial charge in [0.05, 0.1) is 0 Å². The molecule has 0 radical (unpaired) electrons. The molecule has 5 nitrogen and oxygen atoms in total. The third-order valence-corrected chi connectivity index (χ3v) is 3.18. The van der Waals surface area contributed by atoms with E-state index in [1.54, 1.807) is 6.07 Å². The highest BCUT2D eigenvalue weighted by Crippen LogP contribution is 2.28. The third-order valence-electron chi connectivity index (χ3n) is 3.18. The smallest absolute Gasteiger partial charge is 0.371 e. The highest BCUT2D eigenvalue weighted by Gasteiger charge is 2.25. The molecule has 0 amide bonds. The highest BCUT2D eigenvalue weighted by atomic mass is 16.4. The van der Waals surface area contributed by atoms with Crippen LogP contribution in [0.1, 0.15) is 36.2 Å². The molecule has 2 rings (SSSR count).